The number of rotatable bonds is 15. The van der Waals surface area contributed by atoms with Gasteiger partial charge in [0.05, 0.1) is 19.6 Å². The van der Waals surface area contributed by atoms with E-state index in [2.05, 4.69) is 13.8 Å². The number of benzene rings is 1. The highest BCUT2D eigenvalue weighted by molar-refractivity contribution is 5.79. The van der Waals surface area contributed by atoms with Crippen molar-refractivity contribution in [3.05, 3.63) is 17.7 Å². The summed E-state index contributed by atoms with van der Waals surface area (Å²) in [5.74, 6) is -0.577. The summed E-state index contributed by atoms with van der Waals surface area (Å²) in [6, 6.07) is 3.23. The molecule has 2 aliphatic rings. The Kier molecular flexibility index (Phi) is 11.3. The zero-order valence-corrected chi connectivity index (χ0v) is 24.1. The summed E-state index contributed by atoms with van der Waals surface area (Å²) in [6.45, 7) is 10.6. The number of likely N-dealkylation sites (tertiary alicyclic amines) is 1. The minimum absolute atomic E-state index is 0.0221. The first kappa shape index (κ1) is 30.5. The number of amides is 2. The van der Waals surface area contributed by atoms with Gasteiger partial charge >= 0.3 is 5.97 Å². The van der Waals surface area contributed by atoms with E-state index in [0.717, 1.165) is 31.2 Å². The van der Waals surface area contributed by atoms with E-state index in [1.165, 1.54) is 6.92 Å². The van der Waals surface area contributed by atoms with Crippen LogP contribution in [0.4, 0.5) is 0 Å². The second-order valence-electron chi connectivity index (χ2n) is 10.4. The van der Waals surface area contributed by atoms with Gasteiger partial charge in [-0.05, 0) is 43.9 Å². The standard InChI is InChI=1S/C29H45N3O7/c1-6-9-12-31(13-10-7-2)26(34)18-32-17-22(21-15-24(37-5)28-25(16-21)38-19-39-28)27(29(35)36)23(32)11-14-30(8-3)20(4)33/h15-16,22-23,27H,6-14,17-19H2,1-5H3,(H,35,36)/t22-,23+,27?/m1/s1. The Balaban J connectivity index is 1.94. The lowest BCUT2D eigenvalue weighted by Crippen LogP contribution is -2.46. The van der Waals surface area contributed by atoms with Crippen LogP contribution in [0.3, 0.4) is 0 Å². The summed E-state index contributed by atoms with van der Waals surface area (Å²) in [4.78, 5) is 44.1. The van der Waals surface area contributed by atoms with Crippen molar-refractivity contribution in [3.8, 4) is 17.2 Å². The maximum absolute atomic E-state index is 13.5. The highest BCUT2D eigenvalue weighted by Gasteiger charge is 2.47. The van der Waals surface area contributed by atoms with Crippen LogP contribution in [0.2, 0.25) is 0 Å². The first-order valence-electron chi connectivity index (χ1n) is 14.2. The van der Waals surface area contributed by atoms with Crippen molar-refractivity contribution in [2.45, 2.75) is 71.8 Å². The molecule has 0 bridgehead atoms. The summed E-state index contributed by atoms with van der Waals surface area (Å²) >= 11 is 0. The molecule has 39 heavy (non-hydrogen) atoms. The number of ether oxygens (including phenoxy) is 3. The smallest absolute Gasteiger partial charge is 0.308 e. The number of methoxy groups -OCH3 is 1. The third kappa shape index (κ3) is 7.35. The van der Waals surface area contributed by atoms with Crippen LogP contribution in [0.5, 0.6) is 17.2 Å². The van der Waals surface area contributed by atoms with E-state index in [0.29, 0.717) is 56.4 Å². The number of nitrogens with zero attached hydrogens (tertiary/aromatic N) is 3. The Morgan fingerprint density at radius 1 is 1.05 bits per heavy atom. The molecule has 0 aromatic heterocycles. The van der Waals surface area contributed by atoms with E-state index in [4.69, 9.17) is 14.2 Å². The van der Waals surface area contributed by atoms with E-state index < -0.39 is 23.8 Å². The molecule has 0 saturated carbocycles. The molecule has 10 heteroatoms. The fraction of sp³-hybridized carbons (Fsp3) is 0.690. The minimum Gasteiger partial charge on any atom is -0.493 e. The van der Waals surface area contributed by atoms with Gasteiger partial charge in [-0.1, -0.05) is 26.7 Å². The lowest BCUT2D eigenvalue weighted by Gasteiger charge is -2.31. The monoisotopic (exact) mass is 547 g/mol. The van der Waals surface area contributed by atoms with E-state index >= 15 is 0 Å². The van der Waals surface area contributed by atoms with E-state index in [9.17, 15) is 19.5 Å². The highest BCUT2D eigenvalue weighted by Crippen LogP contribution is 2.47. The molecule has 2 aliphatic heterocycles. The fourth-order valence-corrected chi connectivity index (χ4v) is 5.71. The molecule has 3 rings (SSSR count). The van der Waals surface area contributed by atoms with Crippen LogP contribution in [0, 0.1) is 5.92 Å². The zero-order valence-electron chi connectivity index (χ0n) is 24.1. The third-order valence-corrected chi connectivity index (χ3v) is 7.92. The molecule has 2 amide bonds. The molecular formula is C29H45N3O7. The maximum atomic E-state index is 13.5. The molecule has 1 aromatic carbocycles. The van der Waals surface area contributed by atoms with Gasteiger partial charge in [-0.3, -0.25) is 19.3 Å². The van der Waals surface area contributed by atoms with Gasteiger partial charge in [0.1, 0.15) is 0 Å². The second kappa shape index (κ2) is 14.4. The quantitative estimate of drug-likeness (QED) is 0.355. The Morgan fingerprint density at radius 3 is 2.31 bits per heavy atom. The largest absolute Gasteiger partial charge is 0.493 e. The zero-order chi connectivity index (χ0) is 28.5. The van der Waals surface area contributed by atoms with Crippen molar-refractivity contribution in [3.63, 3.8) is 0 Å². The predicted molar refractivity (Wildman–Crippen MR) is 147 cm³/mol. The van der Waals surface area contributed by atoms with Gasteiger partial charge in [-0.15, -0.1) is 0 Å². The first-order chi connectivity index (χ1) is 18.7. The molecule has 1 fully saturated rings. The van der Waals surface area contributed by atoms with Crippen molar-refractivity contribution in [1.29, 1.82) is 0 Å². The molecule has 1 aromatic rings. The first-order valence-corrected chi connectivity index (χ1v) is 14.2. The van der Waals surface area contributed by atoms with Gasteiger partial charge < -0.3 is 29.1 Å². The van der Waals surface area contributed by atoms with Gasteiger partial charge in [0.15, 0.2) is 11.5 Å². The number of carbonyl (C=O) groups excluding carboxylic acids is 2. The summed E-state index contributed by atoms with van der Waals surface area (Å²) in [7, 11) is 1.54. The average Bonchev–Trinajstić information content (AvgIpc) is 3.53. The summed E-state index contributed by atoms with van der Waals surface area (Å²) in [5.41, 5.74) is 0.774. The maximum Gasteiger partial charge on any atom is 0.308 e. The van der Waals surface area contributed by atoms with Crippen molar-refractivity contribution in [2.75, 3.05) is 53.2 Å². The molecule has 10 nitrogen and oxygen atoms in total. The summed E-state index contributed by atoms with van der Waals surface area (Å²) < 4.78 is 16.7. The lowest BCUT2D eigenvalue weighted by molar-refractivity contribution is -0.144. The van der Waals surface area contributed by atoms with E-state index in [1.807, 2.05) is 28.9 Å². The molecular weight excluding hydrogens is 502 g/mol. The van der Waals surface area contributed by atoms with Crippen LogP contribution in [0.15, 0.2) is 12.1 Å². The van der Waals surface area contributed by atoms with Crippen LogP contribution < -0.4 is 14.2 Å². The van der Waals surface area contributed by atoms with Gasteiger partial charge in [-0.2, -0.15) is 0 Å². The molecule has 0 spiro atoms. The van der Waals surface area contributed by atoms with Crippen LogP contribution in [0.1, 0.15) is 71.3 Å². The van der Waals surface area contributed by atoms with Crippen LogP contribution in [0.25, 0.3) is 0 Å². The van der Waals surface area contributed by atoms with E-state index in [1.54, 1.807) is 12.0 Å². The Hall–Kier alpha value is -3.01. The molecule has 0 aliphatic carbocycles. The normalized spacial score (nSPS) is 20.2. The molecule has 3 atom stereocenters. The van der Waals surface area contributed by atoms with Crippen LogP contribution >= 0.6 is 0 Å². The number of unbranched alkanes of at least 4 members (excludes halogenated alkanes) is 2. The van der Waals surface area contributed by atoms with Crippen molar-refractivity contribution >= 4 is 17.8 Å². The number of carbonyl (C=O) groups is 3. The van der Waals surface area contributed by atoms with Gasteiger partial charge in [-0.25, -0.2) is 0 Å². The lowest BCUT2D eigenvalue weighted by atomic mass is 9.84. The van der Waals surface area contributed by atoms with Crippen molar-refractivity contribution in [1.82, 2.24) is 14.7 Å². The van der Waals surface area contributed by atoms with E-state index in [-0.39, 0.29) is 25.2 Å². The van der Waals surface area contributed by atoms with Gasteiger partial charge in [0.2, 0.25) is 24.4 Å². The molecule has 0 radical (unpaired) electrons. The number of carboxylic acids is 1. The summed E-state index contributed by atoms with van der Waals surface area (Å²) in [5, 5.41) is 10.5. The number of fused-ring (bicyclic) bond motifs is 1. The van der Waals surface area contributed by atoms with Crippen molar-refractivity contribution < 1.29 is 33.7 Å². The molecule has 1 unspecified atom stereocenters. The van der Waals surface area contributed by atoms with Crippen molar-refractivity contribution in [2.24, 2.45) is 5.92 Å². The molecule has 1 N–H and O–H groups in total. The molecule has 2 heterocycles. The Bertz CT molecular complexity index is 993. The highest BCUT2D eigenvalue weighted by atomic mass is 16.7. The Labute approximate surface area is 232 Å². The third-order valence-electron chi connectivity index (χ3n) is 7.92. The van der Waals surface area contributed by atoms with Gasteiger partial charge in [0.25, 0.3) is 0 Å². The second-order valence-corrected chi connectivity index (χ2v) is 10.4. The average molecular weight is 548 g/mol. The number of carboxylic acid groups (broad SMARTS) is 1. The predicted octanol–water partition coefficient (Wildman–Crippen LogP) is 3.58. The van der Waals surface area contributed by atoms with Crippen LogP contribution in [-0.2, 0) is 14.4 Å². The molecule has 1 saturated heterocycles. The van der Waals surface area contributed by atoms with Crippen LogP contribution in [-0.4, -0.2) is 96.8 Å². The van der Waals surface area contributed by atoms with Gasteiger partial charge in [0, 0.05) is 51.6 Å². The number of hydrogen-bond donors (Lipinski definition) is 1. The summed E-state index contributed by atoms with van der Waals surface area (Å²) in [6.07, 6.45) is 4.31. The molecule has 218 valence electrons. The fourth-order valence-electron chi connectivity index (χ4n) is 5.71. The Morgan fingerprint density at radius 2 is 1.74 bits per heavy atom. The SMILES string of the molecule is CCCCN(CCCC)C(=O)CN1C[C@H](c2cc(OC)c3c(c2)OCO3)C(C(=O)O)[C@@H]1CCN(CC)C(C)=O. The number of aliphatic carboxylic acids is 1. The minimum atomic E-state index is -0.920. The number of hydrogen-bond acceptors (Lipinski definition) is 7. The topological polar surface area (TPSA) is 109 Å².